The number of alkyl halides is 1. The molecule has 0 aliphatic heterocycles. The van der Waals surface area contributed by atoms with Gasteiger partial charge in [0, 0.05) is 5.03 Å². The number of hydrogen-bond donors (Lipinski definition) is 2. The average Bonchev–Trinajstić information content (AvgIpc) is 2.38. The molecule has 1 aliphatic rings. The topological polar surface area (TPSA) is 103 Å². The van der Waals surface area contributed by atoms with Crippen LogP contribution in [0, 0.1) is 0 Å². The number of carbonyl (C=O) groups is 1. The minimum absolute atomic E-state index is 0.122. The molecule has 0 aromatic heterocycles. The smallest absolute Gasteiger partial charge is 0.238 e. The van der Waals surface area contributed by atoms with Gasteiger partial charge in [0.05, 0.1) is 10.3 Å². The van der Waals surface area contributed by atoms with Gasteiger partial charge in [0.25, 0.3) is 0 Å². The minimum atomic E-state index is -4.05. The Morgan fingerprint density at radius 2 is 1.90 bits per heavy atom. The molecule has 0 radical (unpaired) electrons. The first-order chi connectivity index (χ1) is 9.69. The fraction of sp³-hybridized carbons (Fsp3) is 0.154. The zero-order valence-electron chi connectivity index (χ0n) is 10.7. The molecule has 2 atom stereocenters. The first-order valence-electron chi connectivity index (χ1n) is 5.82. The van der Waals surface area contributed by atoms with Gasteiger partial charge in [0.15, 0.2) is 0 Å². The van der Waals surface area contributed by atoms with Crippen LogP contribution in [0.25, 0.3) is 0 Å². The lowest BCUT2D eigenvalue weighted by Crippen LogP contribution is -2.48. The first kappa shape index (κ1) is 16.0. The average molecular weight is 347 g/mol. The van der Waals surface area contributed by atoms with Crippen LogP contribution in [0.1, 0.15) is 5.56 Å². The van der Waals surface area contributed by atoms with E-state index in [9.17, 15) is 13.2 Å². The van der Waals surface area contributed by atoms with E-state index < -0.39 is 26.7 Å². The largest absolute Gasteiger partial charge is 0.369 e. The van der Waals surface area contributed by atoms with Crippen molar-refractivity contribution < 1.29 is 13.2 Å². The van der Waals surface area contributed by atoms with Gasteiger partial charge in [-0.25, -0.2) is 13.6 Å². The van der Waals surface area contributed by atoms with Gasteiger partial charge in [-0.15, -0.1) is 11.6 Å². The number of allylic oxidation sites excluding steroid dienone is 3. The molecule has 4 N–H and O–H groups in total. The summed E-state index contributed by atoms with van der Waals surface area (Å²) in [6, 6.07) is 5.83. The number of sulfonamides is 1. The van der Waals surface area contributed by atoms with Gasteiger partial charge in [-0.1, -0.05) is 35.9 Å². The monoisotopic (exact) mass is 346 g/mol. The molecule has 2 unspecified atom stereocenters. The number of carbonyl (C=O) groups excluding carboxylic acids is 1. The van der Waals surface area contributed by atoms with E-state index >= 15 is 0 Å². The lowest BCUT2D eigenvalue weighted by molar-refractivity contribution is -0.121. The van der Waals surface area contributed by atoms with Crippen LogP contribution in [-0.2, 0) is 20.2 Å². The number of halogens is 2. The molecule has 0 saturated heterocycles. The van der Waals surface area contributed by atoms with E-state index in [1.54, 1.807) is 6.07 Å². The summed E-state index contributed by atoms with van der Waals surface area (Å²) in [4.78, 5) is 11.8. The highest BCUT2D eigenvalue weighted by molar-refractivity contribution is 7.89. The second kappa shape index (κ2) is 5.46. The molecule has 1 aliphatic carbocycles. The zero-order chi connectivity index (χ0) is 15.8. The highest BCUT2D eigenvalue weighted by atomic mass is 35.5. The Morgan fingerprint density at radius 3 is 2.43 bits per heavy atom. The van der Waals surface area contributed by atoms with Crippen molar-refractivity contribution in [2.45, 2.75) is 15.7 Å². The molecule has 1 aromatic rings. The number of primary sulfonamides is 1. The third-order valence-electron chi connectivity index (χ3n) is 3.29. The second-order valence-electron chi connectivity index (χ2n) is 4.56. The Morgan fingerprint density at radius 1 is 1.29 bits per heavy atom. The van der Waals surface area contributed by atoms with Crippen molar-refractivity contribution in [3.63, 3.8) is 0 Å². The van der Waals surface area contributed by atoms with Crippen LogP contribution in [0.5, 0.6) is 0 Å². The Labute approximate surface area is 132 Å². The van der Waals surface area contributed by atoms with Crippen LogP contribution >= 0.6 is 23.2 Å². The lowest BCUT2D eigenvalue weighted by atomic mass is 9.74. The van der Waals surface area contributed by atoms with Crippen molar-refractivity contribution in [2.24, 2.45) is 10.9 Å². The molecule has 112 valence electrons. The van der Waals surface area contributed by atoms with Crippen molar-refractivity contribution >= 4 is 39.1 Å². The molecular weight excluding hydrogens is 335 g/mol. The molecule has 1 amide bonds. The van der Waals surface area contributed by atoms with Crippen LogP contribution < -0.4 is 10.9 Å². The molecule has 0 fully saturated rings. The summed E-state index contributed by atoms with van der Waals surface area (Å²) in [6.45, 7) is 0. The highest BCUT2D eigenvalue weighted by Crippen LogP contribution is 2.40. The van der Waals surface area contributed by atoms with Gasteiger partial charge in [0.1, 0.15) is 5.41 Å². The predicted molar refractivity (Wildman–Crippen MR) is 81.4 cm³/mol. The van der Waals surface area contributed by atoms with Crippen molar-refractivity contribution in [3.05, 3.63) is 53.1 Å². The fourth-order valence-electron chi connectivity index (χ4n) is 2.28. The van der Waals surface area contributed by atoms with Gasteiger partial charge in [-0.3, -0.25) is 4.79 Å². The predicted octanol–water partition coefficient (Wildman–Crippen LogP) is 1.36. The molecule has 0 bridgehead atoms. The highest BCUT2D eigenvalue weighted by Gasteiger charge is 2.46. The maximum Gasteiger partial charge on any atom is 0.238 e. The summed E-state index contributed by atoms with van der Waals surface area (Å²) in [5.74, 6) is -0.796. The number of rotatable bonds is 3. The molecule has 8 heteroatoms. The summed E-state index contributed by atoms with van der Waals surface area (Å²) in [7, 11) is -4.05. The van der Waals surface area contributed by atoms with E-state index in [-0.39, 0.29) is 10.5 Å². The Hall–Kier alpha value is -1.34. The normalized spacial score (nSPS) is 25.5. The molecule has 0 saturated carbocycles. The number of nitrogens with two attached hydrogens (primary N) is 2. The lowest BCUT2D eigenvalue weighted by Gasteiger charge is -2.34. The van der Waals surface area contributed by atoms with Crippen molar-refractivity contribution in [2.75, 3.05) is 0 Å². The number of primary amides is 1. The molecule has 1 aromatic carbocycles. The summed E-state index contributed by atoms with van der Waals surface area (Å²) in [6.07, 6.45) is 4.28. The number of amides is 1. The Balaban J connectivity index is 2.79. The maximum absolute atomic E-state index is 12.1. The van der Waals surface area contributed by atoms with Crippen LogP contribution in [0.2, 0.25) is 0 Å². The SMILES string of the molecule is NC(=O)C1(c2ccccc2S(N)(=O)=O)C=CC(Cl)=CC1Cl. The van der Waals surface area contributed by atoms with E-state index in [1.165, 1.54) is 36.4 Å². The van der Waals surface area contributed by atoms with Gasteiger partial charge in [-0.05, 0) is 23.8 Å². The van der Waals surface area contributed by atoms with Gasteiger partial charge < -0.3 is 5.73 Å². The minimum Gasteiger partial charge on any atom is -0.369 e. The molecular formula is C13H12Cl2N2O3S. The fourth-order valence-corrected chi connectivity index (χ4v) is 3.77. The van der Waals surface area contributed by atoms with Crippen LogP contribution in [0.4, 0.5) is 0 Å². The van der Waals surface area contributed by atoms with Crippen LogP contribution in [0.3, 0.4) is 0 Å². The Kier molecular flexibility index (Phi) is 4.17. The Bertz CT molecular complexity index is 758. The number of hydrogen-bond acceptors (Lipinski definition) is 3. The molecule has 21 heavy (non-hydrogen) atoms. The van der Waals surface area contributed by atoms with Crippen molar-refractivity contribution in [1.29, 1.82) is 0 Å². The third-order valence-corrected chi connectivity index (χ3v) is 4.98. The maximum atomic E-state index is 12.1. The van der Waals surface area contributed by atoms with Gasteiger partial charge in [-0.2, -0.15) is 0 Å². The summed E-state index contributed by atoms with van der Waals surface area (Å²) < 4.78 is 23.5. The standard InChI is InChI=1S/C13H12Cl2N2O3S/c14-8-5-6-13(12(16)18,11(15)7-8)9-3-1-2-4-10(9)21(17,19)20/h1-7,11H,(H2,16,18)(H2,17,19,20). The summed E-state index contributed by atoms with van der Waals surface area (Å²) in [5, 5.41) is 4.61. The van der Waals surface area contributed by atoms with Crippen LogP contribution in [-0.4, -0.2) is 19.7 Å². The molecule has 0 heterocycles. The van der Waals surface area contributed by atoms with E-state index in [1.807, 2.05) is 0 Å². The van der Waals surface area contributed by atoms with E-state index in [0.29, 0.717) is 5.03 Å². The molecule has 5 nitrogen and oxygen atoms in total. The van der Waals surface area contributed by atoms with Gasteiger partial charge >= 0.3 is 0 Å². The van der Waals surface area contributed by atoms with Crippen LogP contribution in [0.15, 0.2) is 52.4 Å². The van der Waals surface area contributed by atoms with Crippen molar-refractivity contribution in [3.8, 4) is 0 Å². The number of benzene rings is 1. The summed E-state index contributed by atoms with van der Waals surface area (Å²) >= 11 is 12.1. The van der Waals surface area contributed by atoms with E-state index in [2.05, 4.69) is 0 Å². The van der Waals surface area contributed by atoms with Crippen molar-refractivity contribution in [1.82, 2.24) is 0 Å². The third kappa shape index (κ3) is 2.72. The van der Waals surface area contributed by atoms with E-state index in [4.69, 9.17) is 34.1 Å². The molecule has 2 rings (SSSR count). The van der Waals surface area contributed by atoms with Gasteiger partial charge in [0.2, 0.25) is 15.9 Å². The summed E-state index contributed by atoms with van der Waals surface area (Å²) in [5.41, 5.74) is 4.08. The quantitative estimate of drug-likeness (QED) is 0.807. The molecule has 0 spiro atoms. The first-order valence-corrected chi connectivity index (χ1v) is 8.18. The van der Waals surface area contributed by atoms with E-state index in [0.717, 1.165) is 0 Å². The zero-order valence-corrected chi connectivity index (χ0v) is 13.0. The second-order valence-corrected chi connectivity index (χ2v) is 7.00.